The Kier molecular flexibility index (Phi) is 4.36. The van der Waals surface area contributed by atoms with Crippen molar-refractivity contribution in [2.45, 2.75) is 19.6 Å². The molecule has 1 aromatic carbocycles. The summed E-state index contributed by atoms with van der Waals surface area (Å²) in [5.41, 5.74) is 7.93. The van der Waals surface area contributed by atoms with Crippen LogP contribution in [0, 0.1) is 0 Å². The Labute approximate surface area is 113 Å². The van der Waals surface area contributed by atoms with Gasteiger partial charge in [0, 0.05) is 18.4 Å². The number of aromatic nitrogens is 1. The number of pyridine rings is 1. The Balaban J connectivity index is 2.12. The van der Waals surface area contributed by atoms with E-state index in [2.05, 4.69) is 4.98 Å². The number of methoxy groups -OCH3 is 1. The molecule has 2 N–H and O–H groups in total. The normalized spacial score (nSPS) is 11.9. The Morgan fingerprint density at radius 2 is 1.89 bits per heavy atom. The van der Waals surface area contributed by atoms with Crippen LogP contribution in [-0.2, 0) is 6.61 Å². The Bertz CT molecular complexity index is 527. The van der Waals surface area contributed by atoms with Gasteiger partial charge in [-0.3, -0.25) is 4.98 Å². The molecule has 0 aliphatic heterocycles. The molecule has 4 nitrogen and oxygen atoms in total. The average molecular weight is 258 g/mol. The first-order valence-corrected chi connectivity index (χ1v) is 6.16. The first-order valence-electron chi connectivity index (χ1n) is 6.16. The summed E-state index contributed by atoms with van der Waals surface area (Å²) in [5, 5.41) is 0. The maximum atomic E-state index is 5.85. The summed E-state index contributed by atoms with van der Waals surface area (Å²) >= 11 is 0. The van der Waals surface area contributed by atoms with Gasteiger partial charge in [-0.25, -0.2) is 0 Å². The van der Waals surface area contributed by atoms with E-state index in [0.717, 1.165) is 11.1 Å². The van der Waals surface area contributed by atoms with Crippen molar-refractivity contribution < 1.29 is 9.47 Å². The average Bonchev–Trinajstić information content (AvgIpc) is 2.45. The zero-order chi connectivity index (χ0) is 13.7. The molecule has 2 rings (SSSR count). The van der Waals surface area contributed by atoms with E-state index in [4.69, 9.17) is 15.2 Å². The van der Waals surface area contributed by atoms with E-state index in [9.17, 15) is 0 Å². The Hall–Kier alpha value is -2.07. The highest BCUT2D eigenvalue weighted by molar-refractivity contribution is 5.43. The number of nitrogens with zero attached hydrogens (tertiary/aromatic N) is 1. The third-order valence-electron chi connectivity index (χ3n) is 2.86. The van der Waals surface area contributed by atoms with Crippen LogP contribution in [0.5, 0.6) is 11.5 Å². The van der Waals surface area contributed by atoms with Crippen molar-refractivity contribution in [2.24, 2.45) is 5.73 Å². The molecule has 0 spiro atoms. The minimum atomic E-state index is -0.0249. The molecule has 1 atom stereocenters. The van der Waals surface area contributed by atoms with Crippen molar-refractivity contribution in [3.8, 4) is 11.5 Å². The first-order chi connectivity index (χ1) is 9.20. The van der Waals surface area contributed by atoms with Crippen molar-refractivity contribution in [1.82, 2.24) is 4.98 Å². The molecule has 100 valence electrons. The fourth-order valence-electron chi connectivity index (χ4n) is 1.73. The molecule has 0 aliphatic carbocycles. The number of rotatable bonds is 5. The highest BCUT2D eigenvalue weighted by Crippen LogP contribution is 2.30. The van der Waals surface area contributed by atoms with Crippen LogP contribution in [0.25, 0.3) is 0 Å². The highest BCUT2D eigenvalue weighted by Gasteiger charge is 2.08. The quantitative estimate of drug-likeness (QED) is 0.895. The molecule has 2 aromatic rings. The fraction of sp³-hybridized carbons (Fsp3) is 0.267. The second-order valence-corrected chi connectivity index (χ2v) is 4.34. The monoisotopic (exact) mass is 258 g/mol. The zero-order valence-corrected chi connectivity index (χ0v) is 11.2. The van der Waals surface area contributed by atoms with Gasteiger partial charge < -0.3 is 15.2 Å². The molecule has 0 saturated heterocycles. The molecule has 0 unspecified atom stereocenters. The third-order valence-corrected chi connectivity index (χ3v) is 2.86. The lowest BCUT2D eigenvalue weighted by atomic mass is 10.1. The number of ether oxygens (including phenoxy) is 2. The van der Waals surface area contributed by atoms with Gasteiger partial charge in [-0.15, -0.1) is 0 Å². The van der Waals surface area contributed by atoms with Gasteiger partial charge in [0.05, 0.1) is 7.11 Å². The van der Waals surface area contributed by atoms with Crippen LogP contribution in [0.1, 0.15) is 24.1 Å². The third kappa shape index (κ3) is 3.45. The summed E-state index contributed by atoms with van der Waals surface area (Å²) in [6.45, 7) is 2.42. The van der Waals surface area contributed by atoms with Crippen molar-refractivity contribution in [3.05, 3.63) is 53.9 Å². The number of hydrogen-bond donors (Lipinski definition) is 1. The molecule has 1 heterocycles. The molecule has 0 amide bonds. The van der Waals surface area contributed by atoms with E-state index in [1.165, 1.54) is 0 Å². The van der Waals surface area contributed by atoms with Gasteiger partial charge in [0.2, 0.25) is 0 Å². The molecular formula is C15H18N2O2. The van der Waals surface area contributed by atoms with Gasteiger partial charge in [0.1, 0.15) is 6.61 Å². The minimum Gasteiger partial charge on any atom is -0.493 e. The smallest absolute Gasteiger partial charge is 0.161 e. The van der Waals surface area contributed by atoms with Crippen LogP contribution in [0.4, 0.5) is 0 Å². The summed E-state index contributed by atoms with van der Waals surface area (Å²) < 4.78 is 11.1. The predicted molar refractivity (Wildman–Crippen MR) is 74.2 cm³/mol. The van der Waals surface area contributed by atoms with Crippen molar-refractivity contribution in [3.63, 3.8) is 0 Å². The maximum absolute atomic E-state index is 5.85. The standard InChI is InChI=1S/C15H18N2O2/c1-11(16)13-3-4-14(15(9-13)18-2)19-10-12-5-7-17-8-6-12/h3-9,11H,10,16H2,1-2H3/t11-/m0/s1. The first kappa shape index (κ1) is 13.4. The lowest BCUT2D eigenvalue weighted by Crippen LogP contribution is -2.05. The lowest BCUT2D eigenvalue weighted by molar-refractivity contribution is 0.284. The molecule has 19 heavy (non-hydrogen) atoms. The van der Waals surface area contributed by atoms with Gasteiger partial charge in [-0.1, -0.05) is 6.07 Å². The summed E-state index contributed by atoms with van der Waals surface area (Å²) in [7, 11) is 1.62. The van der Waals surface area contributed by atoms with Gasteiger partial charge >= 0.3 is 0 Å². The topological polar surface area (TPSA) is 57.4 Å². The molecule has 1 aromatic heterocycles. The van der Waals surface area contributed by atoms with Gasteiger partial charge in [-0.2, -0.15) is 0 Å². The molecule has 0 aliphatic rings. The summed E-state index contributed by atoms with van der Waals surface area (Å²) in [5.74, 6) is 1.41. The molecule has 0 fully saturated rings. The predicted octanol–water partition coefficient (Wildman–Crippen LogP) is 2.69. The Morgan fingerprint density at radius 1 is 1.16 bits per heavy atom. The largest absolute Gasteiger partial charge is 0.493 e. The summed E-state index contributed by atoms with van der Waals surface area (Å²) in [6, 6.07) is 9.56. The number of benzene rings is 1. The van der Waals surface area contributed by atoms with Gasteiger partial charge in [0.15, 0.2) is 11.5 Å². The number of hydrogen-bond acceptors (Lipinski definition) is 4. The SMILES string of the molecule is COc1cc([C@H](C)N)ccc1OCc1ccncc1. The molecule has 0 saturated carbocycles. The lowest BCUT2D eigenvalue weighted by Gasteiger charge is -2.13. The van der Waals surface area contributed by atoms with Gasteiger partial charge in [0.25, 0.3) is 0 Å². The minimum absolute atomic E-state index is 0.0249. The second kappa shape index (κ2) is 6.20. The van der Waals surface area contributed by atoms with E-state index in [1.54, 1.807) is 19.5 Å². The molecular weight excluding hydrogens is 240 g/mol. The molecule has 0 radical (unpaired) electrons. The number of nitrogens with two attached hydrogens (primary N) is 1. The molecule has 0 bridgehead atoms. The summed E-state index contributed by atoms with van der Waals surface area (Å²) in [4.78, 5) is 3.97. The van der Waals surface area contributed by atoms with Crippen LogP contribution >= 0.6 is 0 Å². The van der Waals surface area contributed by atoms with E-state index >= 15 is 0 Å². The second-order valence-electron chi connectivity index (χ2n) is 4.34. The summed E-state index contributed by atoms with van der Waals surface area (Å²) in [6.07, 6.45) is 3.49. The van der Waals surface area contributed by atoms with Crippen molar-refractivity contribution in [2.75, 3.05) is 7.11 Å². The van der Waals surface area contributed by atoms with Crippen molar-refractivity contribution >= 4 is 0 Å². The zero-order valence-electron chi connectivity index (χ0n) is 11.2. The maximum Gasteiger partial charge on any atom is 0.161 e. The fourth-order valence-corrected chi connectivity index (χ4v) is 1.73. The molecule has 4 heteroatoms. The van der Waals surface area contributed by atoms with Crippen LogP contribution in [0.15, 0.2) is 42.7 Å². The van der Waals surface area contributed by atoms with Crippen LogP contribution in [0.2, 0.25) is 0 Å². The van der Waals surface area contributed by atoms with Crippen molar-refractivity contribution in [1.29, 1.82) is 0 Å². The van der Waals surface area contributed by atoms with Crippen LogP contribution < -0.4 is 15.2 Å². The van der Waals surface area contributed by atoms with Crippen LogP contribution in [0.3, 0.4) is 0 Å². The van der Waals surface area contributed by atoms with Gasteiger partial charge in [-0.05, 0) is 42.3 Å². The van der Waals surface area contributed by atoms with Crippen LogP contribution in [-0.4, -0.2) is 12.1 Å². The highest BCUT2D eigenvalue weighted by atomic mass is 16.5. The van der Waals surface area contributed by atoms with E-state index < -0.39 is 0 Å². The Morgan fingerprint density at radius 3 is 2.53 bits per heavy atom. The van der Waals surface area contributed by atoms with E-state index in [0.29, 0.717) is 18.1 Å². The van der Waals surface area contributed by atoms with E-state index in [-0.39, 0.29) is 6.04 Å². The van der Waals surface area contributed by atoms with E-state index in [1.807, 2.05) is 37.3 Å².